The van der Waals surface area contributed by atoms with E-state index >= 15 is 0 Å². The van der Waals surface area contributed by atoms with Crippen LogP contribution in [-0.4, -0.2) is 5.91 Å². The van der Waals surface area contributed by atoms with Crippen molar-refractivity contribution in [2.45, 2.75) is 31.7 Å². The van der Waals surface area contributed by atoms with E-state index in [9.17, 15) is 9.59 Å². The maximum absolute atomic E-state index is 12.8. The summed E-state index contributed by atoms with van der Waals surface area (Å²) in [5, 5.41) is 5.63. The zero-order chi connectivity index (χ0) is 17.2. The number of rotatable bonds is 4. The lowest BCUT2D eigenvalue weighted by Crippen LogP contribution is -2.32. The van der Waals surface area contributed by atoms with E-state index < -0.39 is 0 Å². The number of carbonyl (C=O) groups is 1. The van der Waals surface area contributed by atoms with Crippen LogP contribution in [0.2, 0.25) is 0 Å². The predicted molar refractivity (Wildman–Crippen MR) is 99.0 cm³/mol. The van der Waals surface area contributed by atoms with Crippen LogP contribution in [0.5, 0.6) is 0 Å². The third-order valence-corrected chi connectivity index (χ3v) is 5.82. The molecule has 1 aromatic carbocycles. The van der Waals surface area contributed by atoms with Gasteiger partial charge in [-0.3, -0.25) is 9.59 Å². The zero-order valence-corrected chi connectivity index (χ0v) is 14.6. The number of thiophene rings is 1. The lowest BCUT2D eigenvalue weighted by Gasteiger charge is -2.23. The van der Waals surface area contributed by atoms with Crippen LogP contribution < -0.4 is 10.7 Å². The fourth-order valence-electron chi connectivity index (χ4n) is 3.61. The van der Waals surface area contributed by atoms with Crippen molar-refractivity contribution in [2.75, 3.05) is 0 Å². The maximum atomic E-state index is 12.8. The molecule has 0 spiro atoms. The van der Waals surface area contributed by atoms with Gasteiger partial charge in [-0.05, 0) is 42.3 Å². The summed E-state index contributed by atoms with van der Waals surface area (Å²) in [6.45, 7) is 0. The standard InChI is InChI=1S/C20H19NO3S/c22-15-12-17(24-16-9-4-3-8-14(15)16)20(23)21-19(13-6-1-2-7-13)18-10-5-11-25-18/h3-5,8-13,19H,1-2,6-7H2,(H,21,23). The van der Waals surface area contributed by atoms with E-state index in [0.717, 1.165) is 17.7 Å². The number of nitrogens with one attached hydrogen (secondary N) is 1. The minimum absolute atomic E-state index is 0.0215. The minimum atomic E-state index is -0.326. The minimum Gasteiger partial charge on any atom is -0.451 e. The van der Waals surface area contributed by atoms with Gasteiger partial charge in [0.1, 0.15) is 5.58 Å². The summed E-state index contributed by atoms with van der Waals surface area (Å²) in [5.41, 5.74) is 0.245. The molecular weight excluding hydrogens is 334 g/mol. The molecule has 2 heterocycles. The average molecular weight is 353 g/mol. The van der Waals surface area contributed by atoms with Crippen LogP contribution in [0, 0.1) is 5.92 Å². The van der Waals surface area contributed by atoms with E-state index in [2.05, 4.69) is 11.4 Å². The van der Waals surface area contributed by atoms with Crippen molar-refractivity contribution >= 4 is 28.2 Å². The quantitative estimate of drug-likeness (QED) is 0.750. The highest BCUT2D eigenvalue weighted by atomic mass is 32.1. The van der Waals surface area contributed by atoms with Crippen LogP contribution in [0.25, 0.3) is 11.0 Å². The Hall–Kier alpha value is -2.40. The van der Waals surface area contributed by atoms with Gasteiger partial charge in [0.05, 0.1) is 11.4 Å². The van der Waals surface area contributed by atoms with E-state index in [0.29, 0.717) is 16.9 Å². The summed E-state index contributed by atoms with van der Waals surface area (Å²) in [6, 6.07) is 12.3. The van der Waals surface area contributed by atoms with Crippen LogP contribution in [0.15, 0.2) is 57.1 Å². The summed E-state index contributed by atoms with van der Waals surface area (Å²) in [6.07, 6.45) is 4.63. The van der Waals surface area contributed by atoms with Gasteiger partial charge in [-0.2, -0.15) is 0 Å². The Labute approximate surface area is 149 Å². The van der Waals surface area contributed by atoms with Crippen molar-refractivity contribution in [3.05, 3.63) is 68.7 Å². The number of para-hydroxylation sites is 1. The molecule has 4 nitrogen and oxygen atoms in total. The first-order valence-electron chi connectivity index (χ1n) is 8.59. The van der Waals surface area contributed by atoms with Gasteiger partial charge in [0.25, 0.3) is 5.91 Å². The molecule has 1 saturated carbocycles. The molecule has 128 valence electrons. The van der Waals surface area contributed by atoms with Crippen molar-refractivity contribution in [3.8, 4) is 0 Å². The van der Waals surface area contributed by atoms with Crippen LogP contribution in [0.3, 0.4) is 0 Å². The number of fused-ring (bicyclic) bond motifs is 1. The molecule has 0 saturated heterocycles. The number of carbonyl (C=O) groups excluding carboxylic acids is 1. The van der Waals surface area contributed by atoms with Crippen molar-refractivity contribution in [1.82, 2.24) is 5.32 Å². The Kier molecular flexibility index (Phi) is 4.40. The maximum Gasteiger partial charge on any atom is 0.287 e. The van der Waals surface area contributed by atoms with E-state index in [-0.39, 0.29) is 23.1 Å². The molecule has 1 N–H and O–H groups in total. The first-order valence-corrected chi connectivity index (χ1v) is 9.47. The molecule has 1 aliphatic rings. The lowest BCUT2D eigenvalue weighted by molar-refractivity contribution is 0.0895. The zero-order valence-electron chi connectivity index (χ0n) is 13.7. The van der Waals surface area contributed by atoms with Gasteiger partial charge in [-0.25, -0.2) is 0 Å². The normalized spacial score (nSPS) is 16.2. The molecular formula is C20H19NO3S. The highest BCUT2D eigenvalue weighted by molar-refractivity contribution is 7.10. The molecule has 3 aromatic rings. The van der Waals surface area contributed by atoms with Crippen LogP contribution in [0.4, 0.5) is 0 Å². The monoisotopic (exact) mass is 353 g/mol. The second kappa shape index (κ2) is 6.84. The summed E-state index contributed by atoms with van der Waals surface area (Å²) in [5.74, 6) is 0.186. The summed E-state index contributed by atoms with van der Waals surface area (Å²) in [4.78, 5) is 26.2. The van der Waals surface area contributed by atoms with Gasteiger partial charge >= 0.3 is 0 Å². The van der Waals surface area contributed by atoms with Crippen molar-refractivity contribution in [2.24, 2.45) is 5.92 Å². The van der Waals surface area contributed by atoms with Crippen molar-refractivity contribution < 1.29 is 9.21 Å². The van der Waals surface area contributed by atoms with Gasteiger partial charge in [-0.1, -0.05) is 31.0 Å². The SMILES string of the molecule is O=C(NC(c1cccs1)C1CCCC1)c1cc(=O)c2ccccc2o1. The molecule has 4 rings (SSSR count). The smallest absolute Gasteiger partial charge is 0.287 e. The molecule has 0 aliphatic heterocycles. The molecule has 0 bridgehead atoms. The van der Waals surface area contributed by atoms with Gasteiger partial charge in [0.2, 0.25) is 0 Å². The average Bonchev–Trinajstić information content (AvgIpc) is 3.33. The molecule has 1 amide bonds. The second-order valence-electron chi connectivity index (χ2n) is 6.48. The van der Waals surface area contributed by atoms with Crippen LogP contribution in [-0.2, 0) is 0 Å². The summed E-state index contributed by atoms with van der Waals surface area (Å²) in [7, 11) is 0. The fourth-order valence-corrected chi connectivity index (χ4v) is 4.48. The third-order valence-electron chi connectivity index (χ3n) is 4.87. The molecule has 1 unspecified atom stereocenters. The Morgan fingerprint density at radius 3 is 2.72 bits per heavy atom. The number of hydrogen-bond donors (Lipinski definition) is 1. The molecule has 1 aliphatic carbocycles. The molecule has 1 fully saturated rings. The second-order valence-corrected chi connectivity index (χ2v) is 7.46. The topological polar surface area (TPSA) is 59.3 Å². The van der Waals surface area contributed by atoms with Gasteiger partial charge in [0.15, 0.2) is 11.2 Å². The predicted octanol–water partition coefficient (Wildman–Crippen LogP) is 4.52. The fraction of sp³-hybridized carbons (Fsp3) is 0.300. The highest BCUT2D eigenvalue weighted by Crippen LogP contribution is 2.37. The van der Waals surface area contributed by atoms with Gasteiger partial charge in [-0.15, -0.1) is 11.3 Å². The number of benzene rings is 1. The van der Waals surface area contributed by atoms with E-state index in [1.54, 1.807) is 35.6 Å². The largest absolute Gasteiger partial charge is 0.451 e. The van der Waals surface area contributed by atoms with E-state index in [1.807, 2.05) is 11.4 Å². The molecule has 25 heavy (non-hydrogen) atoms. The lowest BCUT2D eigenvalue weighted by atomic mass is 9.96. The van der Waals surface area contributed by atoms with Gasteiger partial charge < -0.3 is 9.73 Å². The Balaban J connectivity index is 1.64. The van der Waals surface area contributed by atoms with E-state index in [4.69, 9.17) is 4.42 Å². The Morgan fingerprint density at radius 1 is 1.16 bits per heavy atom. The number of amides is 1. The summed E-state index contributed by atoms with van der Waals surface area (Å²) >= 11 is 1.65. The molecule has 0 radical (unpaired) electrons. The Bertz CT molecular complexity index is 939. The molecule has 5 heteroatoms. The third kappa shape index (κ3) is 3.24. The Morgan fingerprint density at radius 2 is 1.96 bits per heavy atom. The van der Waals surface area contributed by atoms with Crippen molar-refractivity contribution in [3.63, 3.8) is 0 Å². The first-order chi connectivity index (χ1) is 12.2. The van der Waals surface area contributed by atoms with E-state index in [1.165, 1.54) is 18.9 Å². The molecule has 2 aromatic heterocycles. The highest BCUT2D eigenvalue weighted by Gasteiger charge is 2.29. The van der Waals surface area contributed by atoms with Crippen LogP contribution >= 0.6 is 11.3 Å². The first kappa shape index (κ1) is 16.1. The molecule has 1 atom stereocenters. The number of hydrogen-bond acceptors (Lipinski definition) is 4. The van der Waals surface area contributed by atoms with Gasteiger partial charge in [0, 0.05) is 10.9 Å². The van der Waals surface area contributed by atoms with Crippen LogP contribution in [0.1, 0.15) is 47.2 Å². The summed E-state index contributed by atoms with van der Waals surface area (Å²) < 4.78 is 5.68. The van der Waals surface area contributed by atoms with Crippen molar-refractivity contribution in [1.29, 1.82) is 0 Å².